The molecule has 7 heteroatoms. The second-order valence-corrected chi connectivity index (χ2v) is 9.43. The first-order valence-corrected chi connectivity index (χ1v) is 12.0. The SMILES string of the molecule is Cc1cccc(-c2ccccc2)c1-c1cc2cc(NC(=O)[C@H]3C[C@@H]3c3cnn(C)c3)ncc2c(N)n1. The van der Waals surface area contributed by atoms with E-state index in [9.17, 15) is 4.79 Å². The molecule has 2 aromatic carbocycles. The van der Waals surface area contributed by atoms with Crippen LogP contribution in [-0.2, 0) is 11.8 Å². The minimum Gasteiger partial charge on any atom is -0.383 e. The third-order valence-electron chi connectivity index (χ3n) is 6.89. The predicted octanol–water partition coefficient (Wildman–Crippen LogP) is 5.33. The van der Waals surface area contributed by atoms with Crippen LogP contribution < -0.4 is 11.1 Å². The fourth-order valence-corrected chi connectivity index (χ4v) is 4.94. The van der Waals surface area contributed by atoms with Crippen molar-refractivity contribution in [2.24, 2.45) is 13.0 Å². The molecular formula is C29H26N6O. The van der Waals surface area contributed by atoms with Crippen molar-refractivity contribution in [2.45, 2.75) is 19.3 Å². The maximum absolute atomic E-state index is 12.9. The Balaban J connectivity index is 1.33. The molecule has 0 radical (unpaired) electrons. The molecule has 7 nitrogen and oxygen atoms in total. The fraction of sp³-hybridized carbons (Fsp3) is 0.172. The number of anilines is 2. The average Bonchev–Trinajstić information content (AvgIpc) is 3.57. The van der Waals surface area contributed by atoms with Gasteiger partial charge in [-0.2, -0.15) is 5.10 Å². The predicted molar refractivity (Wildman–Crippen MR) is 142 cm³/mol. The van der Waals surface area contributed by atoms with Crippen LogP contribution in [0.15, 0.2) is 79.3 Å². The number of hydrogen-bond acceptors (Lipinski definition) is 5. The first kappa shape index (κ1) is 22.0. The van der Waals surface area contributed by atoms with Crippen molar-refractivity contribution in [3.8, 4) is 22.4 Å². The van der Waals surface area contributed by atoms with Gasteiger partial charge in [0.25, 0.3) is 0 Å². The number of nitrogens with two attached hydrogens (primary N) is 1. The summed E-state index contributed by atoms with van der Waals surface area (Å²) in [6.07, 6.45) is 6.30. The molecule has 0 bridgehead atoms. The zero-order valence-electron chi connectivity index (χ0n) is 20.1. The normalized spacial score (nSPS) is 16.7. The second kappa shape index (κ2) is 8.61. The van der Waals surface area contributed by atoms with Crippen molar-refractivity contribution in [2.75, 3.05) is 11.1 Å². The maximum atomic E-state index is 12.9. The van der Waals surface area contributed by atoms with E-state index in [0.717, 1.165) is 50.7 Å². The van der Waals surface area contributed by atoms with Crippen molar-refractivity contribution < 1.29 is 4.79 Å². The van der Waals surface area contributed by atoms with E-state index in [1.165, 1.54) is 0 Å². The molecule has 36 heavy (non-hydrogen) atoms. The van der Waals surface area contributed by atoms with E-state index in [0.29, 0.717) is 11.6 Å². The number of nitrogens with zero attached hydrogens (tertiary/aromatic N) is 4. The number of aryl methyl sites for hydroxylation is 2. The fourth-order valence-electron chi connectivity index (χ4n) is 4.94. The van der Waals surface area contributed by atoms with Gasteiger partial charge in [0.15, 0.2) is 0 Å². The first-order chi connectivity index (χ1) is 17.5. The van der Waals surface area contributed by atoms with Crippen molar-refractivity contribution >= 4 is 28.3 Å². The number of carbonyl (C=O) groups is 1. The number of benzene rings is 2. The van der Waals surface area contributed by atoms with Crippen LogP contribution >= 0.6 is 0 Å². The van der Waals surface area contributed by atoms with Gasteiger partial charge in [0, 0.05) is 36.3 Å². The molecule has 1 fully saturated rings. The lowest BCUT2D eigenvalue weighted by Crippen LogP contribution is -2.15. The number of aromatic nitrogens is 4. The molecule has 5 aromatic rings. The molecule has 1 amide bonds. The minimum absolute atomic E-state index is 0.0248. The Kier molecular flexibility index (Phi) is 5.25. The van der Waals surface area contributed by atoms with Gasteiger partial charge in [-0.25, -0.2) is 9.97 Å². The second-order valence-electron chi connectivity index (χ2n) is 9.43. The van der Waals surface area contributed by atoms with Gasteiger partial charge in [0.05, 0.1) is 11.9 Å². The van der Waals surface area contributed by atoms with Crippen molar-refractivity contribution in [3.63, 3.8) is 0 Å². The number of nitrogens with one attached hydrogen (secondary N) is 1. The molecule has 6 rings (SSSR count). The number of fused-ring (bicyclic) bond motifs is 1. The van der Waals surface area contributed by atoms with E-state index in [-0.39, 0.29) is 17.7 Å². The van der Waals surface area contributed by atoms with Gasteiger partial charge >= 0.3 is 0 Å². The Morgan fingerprint density at radius 3 is 2.69 bits per heavy atom. The van der Waals surface area contributed by atoms with Crippen LogP contribution in [0.3, 0.4) is 0 Å². The van der Waals surface area contributed by atoms with Gasteiger partial charge < -0.3 is 11.1 Å². The van der Waals surface area contributed by atoms with Gasteiger partial charge in [0.2, 0.25) is 5.91 Å². The topological polar surface area (TPSA) is 98.7 Å². The van der Waals surface area contributed by atoms with Gasteiger partial charge in [0.1, 0.15) is 11.6 Å². The highest BCUT2D eigenvalue weighted by Crippen LogP contribution is 2.47. The summed E-state index contributed by atoms with van der Waals surface area (Å²) < 4.78 is 1.77. The molecule has 2 atom stereocenters. The Morgan fingerprint density at radius 1 is 1.08 bits per heavy atom. The average molecular weight is 475 g/mol. The lowest BCUT2D eigenvalue weighted by molar-refractivity contribution is -0.117. The smallest absolute Gasteiger partial charge is 0.229 e. The lowest BCUT2D eigenvalue weighted by atomic mass is 9.93. The highest BCUT2D eigenvalue weighted by atomic mass is 16.2. The van der Waals surface area contributed by atoms with Crippen LogP contribution in [0.4, 0.5) is 11.6 Å². The van der Waals surface area contributed by atoms with E-state index in [2.05, 4.69) is 52.7 Å². The number of carbonyl (C=O) groups excluding carboxylic acids is 1. The van der Waals surface area contributed by atoms with Gasteiger partial charge in [-0.15, -0.1) is 0 Å². The Morgan fingerprint density at radius 2 is 1.92 bits per heavy atom. The van der Waals surface area contributed by atoms with E-state index >= 15 is 0 Å². The van der Waals surface area contributed by atoms with Crippen molar-refractivity contribution in [1.82, 2.24) is 19.7 Å². The third kappa shape index (κ3) is 3.98. The minimum atomic E-state index is -0.0647. The van der Waals surface area contributed by atoms with E-state index in [1.54, 1.807) is 10.9 Å². The van der Waals surface area contributed by atoms with Crippen molar-refractivity contribution in [3.05, 3.63) is 90.4 Å². The van der Waals surface area contributed by atoms with Crippen LogP contribution in [0.5, 0.6) is 0 Å². The highest BCUT2D eigenvalue weighted by molar-refractivity contribution is 5.99. The number of amides is 1. The summed E-state index contributed by atoms with van der Waals surface area (Å²) in [6, 6.07) is 20.4. The zero-order chi connectivity index (χ0) is 24.8. The summed E-state index contributed by atoms with van der Waals surface area (Å²) in [6.45, 7) is 2.08. The Hall–Kier alpha value is -4.52. The summed E-state index contributed by atoms with van der Waals surface area (Å²) in [5, 5.41) is 8.84. The molecule has 1 aliphatic rings. The van der Waals surface area contributed by atoms with Crippen LogP contribution in [0.2, 0.25) is 0 Å². The van der Waals surface area contributed by atoms with Crippen LogP contribution in [0.1, 0.15) is 23.5 Å². The Labute approximate surface area is 209 Å². The van der Waals surface area contributed by atoms with Gasteiger partial charge in [-0.3, -0.25) is 9.48 Å². The molecule has 0 spiro atoms. The van der Waals surface area contributed by atoms with Crippen molar-refractivity contribution in [1.29, 1.82) is 0 Å². The molecule has 0 unspecified atom stereocenters. The van der Waals surface area contributed by atoms with Crippen LogP contribution in [-0.4, -0.2) is 25.7 Å². The molecule has 1 saturated carbocycles. The summed E-state index contributed by atoms with van der Waals surface area (Å²) >= 11 is 0. The largest absolute Gasteiger partial charge is 0.383 e. The lowest BCUT2D eigenvalue weighted by Gasteiger charge is -2.14. The Bertz CT molecular complexity index is 1610. The van der Waals surface area contributed by atoms with E-state index in [4.69, 9.17) is 10.7 Å². The van der Waals surface area contributed by atoms with E-state index in [1.807, 2.05) is 49.8 Å². The third-order valence-corrected chi connectivity index (χ3v) is 6.89. The summed E-state index contributed by atoms with van der Waals surface area (Å²) in [5.41, 5.74) is 12.6. The maximum Gasteiger partial charge on any atom is 0.229 e. The molecule has 1 aliphatic carbocycles. The molecule has 3 aromatic heterocycles. The molecule has 3 heterocycles. The number of pyridine rings is 2. The van der Waals surface area contributed by atoms with Gasteiger partial charge in [-0.1, -0.05) is 48.5 Å². The number of nitrogen functional groups attached to an aromatic ring is 1. The summed E-state index contributed by atoms with van der Waals surface area (Å²) in [5.74, 6) is 1.04. The molecule has 178 valence electrons. The molecule has 3 N–H and O–H groups in total. The number of rotatable bonds is 5. The quantitative estimate of drug-likeness (QED) is 0.359. The first-order valence-electron chi connectivity index (χ1n) is 12.0. The highest BCUT2D eigenvalue weighted by Gasteiger charge is 2.44. The molecule has 0 aliphatic heterocycles. The zero-order valence-corrected chi connectivity index (χ0v) is 20.1. The van der Waals surface area contributed by atoms with Crippen LogP contribution in [0, 0.1) is 12.8 Å². The van der Waals surface area contributed by atoms with E-state index < -0.39 is 0 Å². The summed E-state index contributed by atoms with van der Waals surface area (Å²) in [4.78, 5) is 22.1. The van der Waals surface area contributed by atoms with Gasteiger partial charge in [-0.05, 0) is 59.0 Å². The standard InChI is InChI=1S/C29H26N6O/c1-17-7-6-10-21(18-8-4-3-5-9-18)27(17)25-11-19-12-26(31-15-24(19)28(30)33-25)34-29(36)23-13-22(23)20-14-32-35(2)16-20/h3-12,14-16,22-23H,13H2,1-2H3,(H2,30,33)(H,31,34,36)/t22-,23+/m1/s1. The molecule has 0 saturated heterocycles. The monoisotopic (exact) mass is 474 g/mol. The number of hydrogen-bond donors (Lipinski definition) is 2. The molecular weight excluding hydrogens is 448 g/mol. The summed E-state index contributed by atoms with van der Waals surface area (Å²) in [7, 11) is 1.88. The van der Waals surface area contributed by atoms with Crippen LogP contribution in [0.25, 0.3) is 33.2 Å².